The van der Waals surface area contributed by atoms with E-state index in [1.165, 1.54) is 0 Å². The topological polar surface area (TPSA) is 55.4 Å². The van der Waals surface area contributed by atoms with Crippen LogP contribution in [0.4, 0.5) is 4.79 Å². The summed E-state index contributed by atoms with van der Waals surface area (Å²) in [4.78, 5) is 24.0. The Morgan fingerprint density at radius 2 is 1.70 bits per heavy atom. The molecule has 0 aliphatic heterocycles. The van der Waals surface area contributed by atoms with Gasteiger partial charge >= 0.3 is 6.09 Å². The molecule has 1 N–H and O–H groups in total. The second-order valence-corrected chi connectivity index (χ2v) is 7.82. The van der Waals surface area contributed by atoms with Gasteiger partial charge in [-0.3, -0.25) is 4.79 Å². The van der Waals surface area contributed by atoms with E-state index in [9.17, 15) is 9.59 Å². The molecule has 1 rings (SSSR count). The van der Waals surface area contributed by atoms with Crippen molar-refractivity contribution in [2.24, 2.45) is 11.3 Å². The Kier molecular flexibility index (Phi) is 5.22. The molecule has 4 nitrogen and oxygen atoms in total. The van der Waals surface area contributed by atoms with Crippen molar-refractivity contribution >= 4 is 11.9 Å². The average Bonchev–Trinajstić information content (AvgIpc) is 2.61. The van der Waals surface area contributed by atoms with Gasteiger partial charge in [-0.05, 0) is 39.5 Å². The van der Waals surface area contributed by atoms with Gasteiger partial charge in [0.1, 0.15) is 11.4 Å². The summed E-state index contributed by atoms with van der Waals surface area (Å²) >= 11 is 0. The van der Waals surface area contributed by atoms with Gasteiger partial charge in [-0.15, -0.1) is 0 Å². The number of alkyl carbamates (subject to hydrolysis) is 1. The highest BCUT2D eigenvalue weighted by molar-refractivity contribution is 5.84. The van der Waals surface area contributed by atoms with E-state index in [2.05, 4.69) is 5.32 Å². The number of hydrogen-bond acceptors (Lipinski definition) is 3. The standard InChI is InChI=1S/C16H29NO3/c1-15(2,3)13(18)10-11-8-7-9-12(11)17-14(19)20-16(4,5)6/h11-12H,7-10H2,1-6H3,(H,17,19)/t11-,12-/m1/s1. The molecule has 1 amide bonds. The van der Waals surface area contributed by atoms with Gasteiger partial charge in [-0.2, -0.15) is 0 Å². The number of ketones is 1. The van der Waals surface area contributed by atoms with Crippen LogP contribution in [0.2, 0.25) is 0 Å². The summed E-state index contributed by atoms with van der Waals surface area (Å²) in [7, 11) is 0. The van der Waals surface area contributed by atoms with Crippen molar-refractivity contribution in [1.82, 2.24) is 5.32 Å². The lowest BCUT2D eigenvalue weighted by Gasteiger charge is -2.26. The summed E-state index contributed by atoms with van der Waals surface area (Å²) in [6.45, 7) is 11.4. The van der Waals surface area contributed by atoms with E-state index in [1.807, 2.05) is 41.5 Å². The minimum absolute atomic E-state index is 0.0659. The minimum Gasteiger partial charge on any atom is -0.444 e. The van der Waals surface area contributed by atoms with Crippen molar-refractivity contribution in [3.05, 3.63) is 0 Å². The van der Waals surface area contributed by atoms with Crippen LogP contribution in [0.15, 0.2) is 0 Å². The van der Waals surface area contributed by atoms with Crippen LogP contribution in [0.25, 0.3) is 0 Å². The Hall–Kier alpha value is -1.06. The van der Waals surface area contributed by atoms with Gasteiger partial charge in [0.2, 0.25) is 0 Å². The highest BCUT2D eigenvalue weighted by atomic mass is 16.6. The van der Waals surface area contributed by atoms with Gasteiger partial charge in [-0.25, -0.2) is 4.79 Å². The first-order valence-electron chi connectivity index (χ1n) is 7.52. The van der Waals surface area contributed by atoms with Gasteiger partial charge < -0.3 is 10.1 Å². The first-order valence-corrected chi connectivity index (χ1v) is 7.52. The summed E-state index contributed by atoms with van der Waals surface area (Å²) < 4.78 is 5.29. The zero-order valence-electron chi connectivity index (χ0n) is 13.7. The second-order valence-electron chi connectivity index (χ2n) is 7.82. The average molecular weight is 283 g/mol. The fourth-order valence-corrected chi connectivity index (χ4v) is 2.47. The SMILES string of the molecule is CC(C)(C)OC(=O)N[C@@H]1CCC[C@@H]1CC(=O)C(C)(C)C. The zero-order chi connectivity index (χ0) is 15.6. The number of Topliss-reactive ketones (excluding diaryl/α,β-unsaturated/α-hetero) is 1. The highest BCUT2D eigenvalue weighted by Gasteiger charge is 2.34. The van der Waals surface area contributed by atoms with Gasteiger partial charge in [0, 0.05) is 17.9 Å². The van der Waals surface area contributed by atoms with Crippen LogP contribution in [0, 0.1) is 11.3 Å². The van der Waals surface area contributed by atoms with Crippen LogP contribution < -0.4 is 5.32 Å². The van der Waals surface area contributed by atoms with Crippen LogP contribution in [-0.2, 0) is 9.53 Å². The Morgan fingerprint density at radius 1 is 1.10 bits per heavy atom. The summed E-state index contributed by atoms with van der Waals surface area (Å²) in [6.07, 6.45) is 3.16. The zero-order valence-corrected chi connectivity index (χ0v) is 13.7. The summed E-state index contributed by atoms with van der Waals surface area (Å²) in [5.74, 6) is 0.509. The van der Waals surface area contributed by atoms with E-state index in [0.29, 0.717) is 6.42 Å². The lowest BCUT2D eigenvalue weighted by Crippen LogP contribution is -2.41. The Morgan fingerprint density at radius 3 is 2.20 bits per heavy atom. The molecule has 0 unspecified atom stereocenters. The van der Waals surface area contributed by atoms with Crippen molar-refractivity contribution in [2.75, 3.05) is 0 Å². The van der Waals surface area contributed by atoms with E-state index >= 15 is 0 Å². The van der Waals surface area contributed by atoms with Crippen molar-refractivity contribution < 1.29 is 14.3 Å². The maximum atomic E-state index is 12.1. The quantitative estimate of drug-likeness (QED) is 0.859. The largest absolute Gasteiger partial charge is 0.444 e. The van der Waals surface area contributed by atoms with Crippen LogP contribution in [0.5, 0.6) is 0 Å². The first-order chi connectivity index (χ1) is 8.99. The van der Waals surface area contributed by atoms with Gasteiger partial charge in [0.15, 0.2) is 0 Å². The normalized spacial score (nSPS) is 23.5. The molecule has 20 heavy (non-hydrogen) atoms. The first kappa shape index (κ1) is 17.0. The molecule has 1 aliphatic rings. The predicted octanol–water partition coefficient (Wildman–Crippen LogP) is 3.69. The molecule has 0 spiro atoms. The van der Waals surface area contributed by atoms with Crippen molar-refractivity contribution in [3.63, 3.8) is 0 Å². The molecule has 0 heterocycles. The fourth-order valence-electron chi connectivity index (χ4n) is 2.47. The van der Waals surface area contributed by atoms with E-state index < -0.39 is 5.60 Å². The Labute approximate surface area is 122 Å². The number of ether oxygens (including phenoxy) is 1. The molecule has 1 fully saturated rings. The smallest absolute Gasteiger partial charge is 0.407 e. The lowest BCUT2D eigenvalue weighted by atomic mass is 9.84. The molecule has 0 radical (unpaired) electrons. The summed E-state index contributed by atoms with van der Waals surface area (Å²) in [5.41, 5.74) is -0.793. The Balaban J connectivity index is 2.54. The Bertz CT molecular complexity index is 363. The molecular formula is C16H29NO3. The van der Waals surface area contributed by atoms with Crippen molar-refractivity contribution in [2.45, 2.75) is 78.9 Å². The van der Waals surface area contributed by atoms with Crippen LogP contribution >= 0.6 is 0 Å². The number of hydrogen-bond donors (Lipinski definition) is 1. The highest BCUT2D eigenvalue weighted by Crippen LogP contribution is 2.31. The number of amides is 1. The number of nitrogens with one attached hydrogen (secondary N) is 1. The summed E-state index contributed by atoms with van der Waals surface area (Å²) in [6, 6.07) is 0.0659. The molecule has 1 aliphatic carbocycles. The third kappa shape index (κ3) is 5.51. The molecule has 1 saturated carbocycles. The third-order valence-corrected chi connectivity index (χ3v) is 3.65. The number of rotatable bonds is 3. The van der Waals surface area contributed by atoms with Crippen molar-refractivity contribution in [1.29, 1.82) is 0 Å². The van der Waals surface area contributed by atoms with Crippen LogP contribution in [-0.4, -0.2) is 23.5 Å². The third-order valence-electron chi connectivity index (χ3n) is 3.65. The number of carbonyl (C=O) groups excluding carboxylic acids is 2. The molecule has 0 bridgehead atoms. The lowest BCUT2D eigenvalue weighted by molar-refractivity contribution is -0.127. The fraction of sp³-hybridized carbons (Fsp3) is 0.875. The predicted molar refractivity (Wildman–Crippen MR) is 79.6 cm³/mol. The van der Waals surface area contributed by atoms with Gasteiger partial charge in [0.05, 0.1) is 0 Å². The van der Waals surface area contributed by atoms with Gasteiger partial charge in [0.25, 0.3) is 0 Å². The maximum absolute atomic E-state index is 12.1. The van der Waals surface area contributed by atoms with E-state index in [0.717, 1.165) is 19.3 Å². The molecule has 0 saturated heterocycles. The summed E-state index contributed by atoms with van der Waals surface area (Å²) in [5, 5.41) is 2.93. The van der Waals surface area contributed by atoms with Crippen LogP contribution in [0.3, 0.4) is 0 Å². The monoisotopic (exact) mass is 283 g/mol. The maximum Gasteiger partial charge on any atom is 0.407 e. The van der Waals surface area contributed by atoms with E-state index in [4.69, 9.17) is 4.74 Å². The van der Waals surface area contributed by atoms with Crippen LogP contribution in [0.1, 0.15) is 67.2 Å². The van der Waals surface area contributed by atoms with E-state index in [1.54, 1.807) is 0 Å². The van der Waals surface area contributed by atoms with Gasteiger partial charge in [-0.1, -0.05) is 27.2 Å². The molecule has 0 aromatic carbocycles. The molecule has 116 valence electrons. The van der Waals surface area contributed by atoms with Crippen molar-refractivity contribution in [3.8, 4) is 0 Å². The molecular weight excluding hydrogens is 254 g/mol. The van der Waals surface area contributed by atoms with E-state index in [-0.39, 0.29) is 29.3 Å². The molecule has 0 aromatic rings. The number of carbonyl (C=O) groups is 2. The minimum atomic E-state index is -0.487. The molecule has 2 atom stereocenters. The molecule has 4 heteroatoms. The second kappa shape index (κ2) is 6.15. The molecule has 0 aromatic heterocycles.